The Kier molecular flexibility index (Phi) is 5.90. The lowest BCUT2D eigenvalue weighted by atomic mass is 10.2. The van der Waals surface area contributed by atoms with Crippen LogP contribution in [0.1, 0.15) is 5.56 Å². The average molecular weight is 399 g/mol. The number of anilines is 1. The molecule has 0 radical (unpaired) electrons. The van der Waals surface area contributed by atoms with Crippen LogP contribution in [0.5, 0.6) is 0 Å². The summed E-state index contributed by atoms with van der Waals surface area (Å²) in [4.78, 5) is 22.7. The van der Waals surface area contributed by atoms with Crippen LogP contribution < -0.4 is 5.32 Å². The summed E-state index contributed by atoms with van der Waals surface area (Å²) in [6, 6.07) is 7.86. The minimum absolute atomic E-state index is 0.0650. The molecule has 0 aliphatic heterocycles. The van der Waals surface area contributed by atoms with Gasteiger partial charge in [-0.25, -0.2) is 0 Å². The van der Waals surface area contributed by atoms with Crippen molar-refractivity contribution in [3.05, 3.63) is 64.9 Å². The number of amides is 1. The van der Waals surface area contributed by atoms with Gasteiger partial charge < -0.3 is 9.73 Å². The number of nitrogens with one attached hydrogen (secondary N) is 1. The Hall–Kier alpha value is -3.40. The van der Waals surface area contributed by atoms with Crippen molar-refractivity contribution in [2.45, 2.75) is 18.6 Å². The van der Waals surface area contributed by atoms with Gasteiger partial charge in [0.2, 0.25) is 11.7 Å². The zero-order valence-electron chi connectivity index (χ0n) is 15.0. The number of aryl methyl sites for hydroxylation is 1. The zero-order valence-corrected chi connectivity index (χ0v) is 15.8. The highest BCUT2D eigenvalue weighted by Gasteiger charge is 2.17. The lowest BCUT2D eigenvalue weighted by Crippen LogP contribution is -2.15. The molecule has 0 fully saturated rings. The first-order valence-electron chi connectivity index (χ1n) is 8.25. The standard InChI is InChI=1S/C18H17N5O4S/c1-3-8-22-17(15-5-4-9-27-15)20-21-18(22)28-11-16(24)19-14-10-13(23(25)26)7-6-12(14)2/h3-7,9-10H,1,8,11H2,2H3,(H,19,24). The summed E-state index contributed by atoms with van der Waals surface area (Å²) in [5, 5.41) is 22.4. The summed E-state index contributed by atoms with van der Waals surface area (Å²) in [6.07, 6.45) is 3.25. The number of hydrogen-bond donors (Lipinski definition) is 1. The summed E-state index contributed by atoms with van der Waals surface area (Å²) in [5.74, 6) is 0.872. The average Bonchev–Trinajstić information content (AvgIpc) is 3.32. The number of thioether (sulfide) groups is 1. The van der Waals surface area contributed by atoms with Crippen LogP contribution in [0.25, 0.3) is 11.6 Å². The van der Waals surface area contributed by atoms with Gasteiger partial charge >= 0.3 is 0 Å². The Morgan fingerprint density at radius 1 is 1.43 bits per heavy atom. The van der Waals surface area contributed by atoms with Crippen molar-refractivity contribution >= 4 is 29.0 Å². The number of furan rings is 1. The molecule has 0 unspecified atom stereocenters. The fraction of sp³-hybridized carbons (Fsp3) is 0.167. The van der Waals surface area contributed by atoms with E-state index in [0.29, 0.717) is 29.0 Å². The summed E-state index contributed by atoms with van der Waals surface area (Å²) < 4.78 is 7.16. The Bertz CT molecular complexity index is 1010. The quantitative estimate of drug-likeness (QED) is 0.266. The van der Waals surface area contributed by atoms with Gasteiger partial charge in [0, 0.05) is 18.7 Å². The maximum absolute atomic E-state index is 12.3. The molecule has 144 valence electrons. The van der Waals surface area contributed by atoms with E-state index in [4.69, 9.17) is 4.42 Å². The molecular weight excluding hydrogens is 382 g/mol. The van der Waals surface area contributed by atoms with Gasteiger partial charge in [-0.05, 0) is 24.6 Å². The molecule has 0 aliphatic carbocycles. The number of nitro groups is 1. The van der Waals surface area contributed by atoms with Gasteiger partial charge in [-0.15, -0.1) is 16.8 Å². The van der Waals surface area contributed by atoms with E-state index in [9.17, 15) is 14.9 Å². The summed E-state index contributed by atoms with van der Waals surface area (Å²) in [5.41, 5.74) is 1.06. The Morgan fingerprint density at radius 2 is 2.25 bits per heavy atom. The molecule has 0 bridgehead atoms. The maximum atomic E-state index is 12.3. The summed E-state index contributed by atoms with van der Waals surface area (Å²) in [7, 11) is 0. The van der Waals surface area contributed by atoms with Crippen molar-refractivity contribution in [3.8, 4) is 11.6 Å². The zero-order chi connectivity index (χ0) is 20.1. The molecule has 28 heavy (non-hydrogen) atoms. The molecule has 2 aromatic heterocycles. The number of aromatic nitrogens is 3. The van der Waals surface area contributed by atoms with Crippen molar-refractivity contribution < 1.29 is 14.1 Å². The molecule has 2 heterocycles. The molecule has 3 rings (SSSR count). The molecule has 9 nitrogen and oxygen atoms in total. The van der Waals surface area contributed by atoms with Crippen molar-refractivity contribution in [2.24, 2.45) is 0 Å². The topological polar surface area (TPSA) is 116 Å². The van der Waals surface area contributed by atoms with Gasteiger partial charge in [0.05, 0.1) is 22.6 Å². The molecule has 0 aliphatic rings. The predicted molar refractivity (Wildman–Crippen MR) is 105 cm³/mol. The third-order valence-corrected chi connectivity index (χ3v) is 4.78. The van der Waals surface area contributed by atoms with Crippen LogP contribution in [-0.2, 0) is 11.3 Å². The largest absolute Gasteiger partial charge is 0.461 e. The molecule has 10 heteroatoms. The first-order valence-corrected chi connectivity index (χ1v) is 9.24. The minimum atomic E-state index is -0.502. The van der Waals surface area contributed by atoms with E-state index in [1.165, 1.54) is 23.9 Å². The lowest BCUT2D eigenvalue weighted by Gasteiger charge is -2.09. The molecular formula is C18H17N5O4S. The van der Waals surface area contributed by atoms with Crippen molar-refractivity contribution in [3.63, 3.8) is 0 Å². The highest BCUT2D eigenvalue weighted by atomic mass is 32.2. The molecule has 0 saturated heterocycles. The summed E-state index contributed by atoms with van der Waals surface area (Å²) >= 11 is 1.20. The van der Waals surface area contributed by atoms with Crippen LogP contribution in [0, 0.1) is 17.0 Å². The predicted octanol–water partition coefficient (Wildman–Crippen LogP) is 3.67. The van der Waals surface area contributed by atoms with Gasteiger partial charge in [-0.3, -0.25) is 19.5 Å². The molecule has 3 aromatic rings. The van der Waals surface area contributed by atoms with E-state index in [0.717, 1.165) is 5.56 Å². The van der Waals surface area contributed by atoms with Crippen molar-refractivity contribution in [2.75, 3.05) is 11.1 Å². The third kappa shape index (κ3) is 4.29. The van der Waals surface area contributed by atoms with Gasteiger partial charge in [-0.2, -0.15) is 0 Å². The number of nitrogens with zero attached hydrogens (tertiary/aromatic N) is 4. The minimum Gasteiger partial charge on any atom is -0.461 e. The molecule has 0 saturated carbocycles. The van der Waals surface area contributed by atoms with Crippen LogP contribution in [0.15, 0.2) is 58.8 Å². The van der Waals surface area contributed by atoms with Gasteiger partial charge in [-0.1, -0.05) is 23.9 Å². The van der Waals surface area contributed by atoms with E-state index in [2.05, 4.69) is 22.1 Å². The molecule has 1 aromatic carbocycles. The number of nitro benzene ring substituents is 1. The number of benzene rings is 1. The van der Waals surface area contributed by atoms with Crippen LogP contribution in [0.3, 0.4) is 0 Å². The monoisotopic (exact) mass is 399 g/mol. The lowest BCUT2D eigenvalue weighted by molar-refractivity contribution is -0.384. The van der Waals surface area contributed by atoms with E-state index in [1.54, 1.807) is 42.0 Å². The highest BCUT2D eigenvalue weighted by molar-refractivity contribution is 7.99. The first kappa shape index (κ1) is 19.4. The maximum Gasteiger partial charge on any atom is 0.271 e. The van der Waals surface area contributed by atoms with Gasteiger partial charge in [0.25, 0.3) is 5.69 Å². The van der Waals surface area contributed by atoms with E-state index < -0.39 is 4.92 Å². The Labute approximate surface area is 164 Å². The molecule has 0 spiro atoms. The van der Waals surface area contributed by atoms with E-state index in [1.807, 2.05) is 0 Å². The number of hydrogen-bond acceptors (Lipinski definition) is 7. The number of rotatable bonds is 8. The molecule has 1 N–H and O–H groups in total. The van der Waals surface area contributed by atoms with Crippen LogP contribution >= 0.6 is 11.8 Å². The SMILES string of the molecule is C=CCn1c(SCC(=O)Nc2cc([N+](=O)[O-])ccc2C)nnc1-c1ccco1. The van der Waals surface area contributed by atoms with Crippen LogP contribution in [0.2, 0.25) is 0 Å². The van der Waals surface area contributed by atoms with E-state index >= 15 is 0 Å². The second-order valence-electron chi connectivity index (χ2n) is 5.78. The van der Waals surface area contributed by atoms with Crippen LogP contribution in [0.4, 0.5) is 11.4 Å². The van der Waals surface area contributed by atoms with Gasteiger partial charge in [0.1, 0.15) is 0 Å². The summed E-state index contributed by atoms with van der Waals surface area (Å²) in [6.45, 7) is 5.95. The normalized spacial score (nSPS) is 10.6. The van der Waals surface area contributed by atoms with E-state index in [-0.39, 0.29) is 17.3 Å². The first-order chi connectivity index (χ1) is 13.5. The van der Waals surface area contributed by atoms with Gasteiger partial charge in [0.15, 0.2) is 10.9 Å². The van der Waals surface area contributed by atoms with Crippen molar-refractivity contribution in [1.82, 2.24) is 14.8 Å². The second-order valence-corrected chi connectivity index (χ2v) is 6.72. The van der Waals surface area contributed by atoms with Crippen LogP contribution in [-0.4, -0.2) is 31.3 Å². The molecule has 1 amide bonds. The molecule has 0 atom stereocenters. The Balaban J connectivity index is 1.71. The second kappa shape index (κ2) is 8.53. The smallest absolute Gasteiger partial charge is 0.271 e. The fourth-order valence-electron chi connectivity index (χ4n) is 2.45. The number of non-ortho nitro benzene ring substituents is 1. The van der Waals surface area contributed by atoms with Crippen molar-refractivity contribution in [1.29, 1.82) is 0 Å². The highest BCUT2D eigenvalue weighted by Crippen LogP contribution is 2.25. The number of allylic oxidation sites excluding steroid dienone is 1. The number of carbonyl (C=O) groups excluding carboxylic acids is 1. The third-order valence-electron chi connectivity index (χ3n) is 3.81. The fourth-order valence-corrected chi connectivity index (χ4v) is 3.20. The Morgan fingerprint density at radius 3 is 2.93 bits per heavy atom. The number of carbonyl (C=O) groups is 1.